The molecule has 0 unspecified atom stereocenters. The molecule has 0 aromatic heterocycles. The first-order valence-corrected chi connectivity index (χ1v) is 10.3. The minimum absolute atomic E-state index is 0.0163. The van der Waals surface area contributed by atoms with Gasteiger partial charge < -0.3 is 20.3 Å². The summed E-state index contributed by atoms with van der Waals surface area (Å²) < 4.78 is 5.57. The molecule has 0 heterocycles. The van der Waals surface area contributed by atoms with Crippen LogP contribution in [0.4, 0.5) is 0 Å². The fourth-order valence-electron chi connectivity index (χ4n) is 3.71. The summed E-state index contributed by atoms with van der Waals surface area (Å²) in [6.45, 7) is 4.51. The second-order valence-electron chi connectivity index (χ2n) is 8.18. The third kappa shape index (κ3) is 6.51. The molecular weight excluding hydrogens is 354 g/mol. The molecule has 2 rings (SSSR count). The van der Waals surface area contributed by atoms with Gasteiger partial charge in [-0.15, -0.1) is 0 Å². The van der Waals surface area contributed by atoms with E-state index in [1.54, 1.807) is 24.3 Å². The van der Waals surface area contributed by atoms with Crippen LogP contribution in [0.1, 0.15) is 62.7 Å². The van der Waals surface area contributed by atoms with E-state index in [-0.39, 0.29) is 30.0 Å². The van der Waals surface area contributed by atoms with Crippen molar-refractivity contribution < 1.29 is 14.3 Å². The molecule has 0 aliphatic heterocycles. The maximum absolute atomic E-state index is 12.3. The summed E-state index contributed by atoms with van der Waals surface area (Å²) in [6, 6.07) is 6.94. The quantitative estimate of drug-likeness (QED) is 0.671. The Labute approximate surface area is 169 Å². The molecule has 156 valence electrons. The van der Waals surface area contributed by atoms with Crippen LogP contribution >= 0.6 is 0 Å². The van der Waals surface area contributed by atoms with Gasteiger partial charge in [-0.1, -0.05) is 25.7 Å². The second-order valence-corrected chi connectivity index (χ2v) is 8.18. The van der Waals surface area contributed by atoms with Crippen LogP contribution in [0.15, 0.2) is 24.3 Å². The van der Waals surface area contributed by atoms with E-state index in [1.165, 1.54) is 25.7 Å². The standard InChI is InChI=1S/C22H35N3O3/c1-17(2)28-19-11-9-18(10-12-19)21(27)23-15-20(26)24-16-22(25(3)4)13-7-5-6-8-14-22/h9-12,17H,5-8,13-16H2,1-4H3,(H,23,27)(H,24,26). The van der Waals surface area contributed by atoms with Crippen LogP contribution in [-0.2, 0) is 4.79 Å². The number of likely N-dealkylation sites (N-methyl/N-ethyl adjacent to an activating group) is 1. The fraction of sp³-hybridized carbons (Fsp3) is 0.636. The van der Waals surface area contributed by atoms with Gasteiger partial charge in [0.2, 0.25) is 5.91 Å². The molecule has 0 bridgehead atoms. The van der Waals surface area contributed by atoms with E-state index in [9.17, 15) is 9.59 Å². The average molecular weight is 390 g/mol. The van der Waals surface area contributed by atoms with Crippen molar-refractivity contribution in [1.29, 1.82) is 0 Å². The van der Waals surface area contributed by atoms with Crippen LogP contribution in [-0.4, -0.2) is 55.5 Å². The highest BCUT2D eigenvalue weighted by atomic mass is 16.5. The molecule has 28 heavy (non-hydrogen) atoms. The van der Waals surface area contributed by atoms with Crippen LogP contribution in [0.5, 0.6) is 5.75 Å². The Morgan fingerprint density at radius 2 is 1.64 bits per heavy atom. The summed E-state index contributed by atoms with van der Waals surface area (Å²) in [7, 11) is 4.18. The van der Waals surface area contributed by atoms with Gasteiger partial charge in [0.25, 0.3) is 5.91 Å². The number of nitrogens with zero attached hydrogens (tertiary/aromatic N) is 1. The van der Waals surface area contributed by atoms with Gasteiger partial charge in [-0.3, -0.25) is 9.59 Å². The number of hydrogen-bond donors (Lipinski definition) is 2. The minimum Gasteiger partial charge on any atom is -0.491 e. The zero-order valence-electron chi connectivity index (χ0n) is 17.7. The third-order valence-corrected chi connectivity index (χ3v) is 5.50. The molecule has 1 aliphatic rings. The topological polar surface area (TPSA) is 70.7 Å². The van der Waals surface area contributed by atoms with Crippen molar-refractivity contribution in [3.05, 3.63) is 29.8 Å². The van der Waals surface area contributed by atoms with E-state index in [2.05, 4.69) is 29.6 Å². The van der Waals surface area contributed by atoms with Gasteiger partial charge in [0, 0.05) is 17.6 Å². The van der Waals surface area contributed by atoms with Crippen molar-refractivity contribution in [2.75, 3.05) is 27.2 Å². The molecule has 1 fully saturated rings. The number of nitrogens with one attached hydrogen (secondary N) is 2. The molecule has 1 aromatic rings. The van der Waals surface area contributed by atoms with Gasteiger partial charge in [-0.25, -0.2) is 0 Å². The van der Waals surface area contributed by atoms with Crippen LogP contribution in [0.25, 0.3) is 0 Å². The van der Waals surface area contributed by atoms with Crippen LogP contribution in [0, 0.1) is 0 Å². The van der Waals surface area contributed by atoms with Crippen LogP contribution < -0.4 is 15.4 Å². The number of ether oxygens (including phenoxy) is 1. The lowest BCUT2D eigenvalue weighted by Gasteiger charge is -2.39. The van der Waals surface area contributed by atoms with Crippen LogP contribution in [0.2, 0.25) is 0 Å². The van der Waals surface area contributed by atoms with Crippen molar-refractivity contribution in [3.8, 4) is 5.75 Å². The van der Waals surface area contributed by atoms with E-state index in [0.29, 0.717) is 12.1 Å². The number of carbonyl (C=O) groups excluding carboxylic acids is 2. The molecule has 1 aliphatic carbocycles. The number of rotatable bonds is 8. The zero-order valence-corrected chi connectivity index (χ0v) is 17.7. The van der Waals surface area contributed by atoms with Gasteiger partial charge in [0.1, 0.15) is 5.75 Å². The number of amides is 2. The van der Waals surface area contributed by atoms with E-state index < -0.39 is 0 Å². The maximum Gasteiger partial charge on any atom is 0.251 e. The van der Waals surface area contributed by atoms with Gasteiger partial charge >= 0.3 is 0 Å². The zero-order chi connectivity index (χ0) is 20.6. The molecule has 2 amide bonds. The molecule has 0 atom stereocenters. The van der Waals surface area contributed by atoms with E-state index in [0.717, 1.165) is 18.6 Å². The SMILES string of the molecule is CC(C)Oc1ccc(C(=O)NCC(=O)NCC2(N(C)C)CCCCCC2)cc1. The van der Waals surface area contributed by atoms with Gasteiger partial charge in [-0.05, 0) is 65.0 Å². The number of carbonyl (C=O) groups is 2. The first-order chi connectivity index (χ1) is 13.3. The van der Waals surface area contributed by atoms with Crippen molar-refractivity contribution in [1.82, 2.24) is 15.5 Å². The first kappa shape index (κ1) is 22.2. The lowest BCUT2D eigenvalue weighted by molar-refractivity contribution is -0.120. The highest BCUT2D eigenvalue weighted by molar-refractivity contribution is 5.96. The highest BCUT2D eigenvalue weighted by Crippen LogP contribution is 2.30. The van der Waals surface area contributed by atoms with Gasteiger partial charge in [-0.2, -0.15) is 0 Å². The fourth-order valence-corrected chi connectivity index (χ4v) is 3.71. The Balaban J connectivity index is 1.81. The molecule has 0 saturated heterocycles. The van der Waals surface area contributed by atoms with E-state index >= 15 is 0 Å². The summed E-state index contributed by atoms with van der Waals surface area (Å²) in [4.78, 5) is 26.8. The highest BCUT2D eigenvalue weighted by Gasteiger charge is 2.33. The Kier molecular flexibility index (Phi) is 8.30. The summed E-state index contributed by atoms with van der Waals surface area (Å²) in [5, 5.41) is 5.72. The van der Waals surface area contributed by atoms with Crippen LogP contribution in [0.3, 0.4) is 0 Å². The van der Waals surface area contributed by atoms with Gasteiger partial charge in [0.05, 0.1) is 12.6 Å². The molecule has 1 saturated carbocycles. The molecule has 6 nitrogen and oxygen atoms in total. The Bertz CT molecular complexity index is 633. The largest absolute Gasteiger partial charge is 0.491 e. The summed E-state index contributed by atoms with van der Waals surface area (Å²) in [5.74, 6) is 0.309. The van der Waals surface area contributed by atoms with Crippen molar-refractivity contribution in [3.63, 3.8) is 0 Å². The summed E-state index contributed by atoms with van der Waals surface area (Å²) >= 11 is 0. The Morgan fingerprint density at radius 1 is 1.04 bits per heavy atom. The Hall–Kier alpha value is -2.08. The molecule has 0 radical (unpaired) electrons. The molecule has 2 N–H and O–H groups in total. The first-order valence-electron chi connectivity index (χ1n) is 10.3. The molecular formula is C22H35N3O3. The van der Waals surface area contributed by atoms with Gasteiger partial charge in [0.15, 0.2) is 0 Å². The van der Waals surface area contributed by atoms with Crippen molar-refractivity contribution in [2.24, 2.45) is 0 Å². The average Bonchev–Trinajstić information content (AvgIpc) is 2.91. The summed E-state index contributed by atoms with van der Waals surface area (Å²) in [5.41, 5.74) is 0.528. The molecule has 6 heteroatoms. The molecule has 1 aromatic carbocycles. The monoisotopic (exact) mass is 389 g/mol. The Morgan fingerprint density at radius 3 is 2.18 bits per heavy atom. The third-order valence-electron chi connectivity index (χ3n) is 5.50. The minimum atomic E-state index is -0.261. The van der Waals surface area contributed by atoms with E-state index in [4.69, 9.17) is 4.74 Å². The van der Waals surface area contributed by atoms with Crippen molar-refractivity contribution in [2.45, 2.75) is 64.0 Å². The smallest absolute Gasteiger partial charge is 0.251 e. The summed E-state index contributed by atoms with van der Waals surface area (Å²) in [6.07, 6.45) is 7.20. The number of hydrogen-bond acceptors (Lipinski definition) is 4. The maximum atomic E-state index is 12.3. The lowest BCUT2D eigenvalue weighted by atomic mass is 9.88. The normalized spacial score (nSPS) is 16.5. The van der Waals surface area contributed by atoms with E-state index in [1.807, 2.05) is 13.8 Å². The second kappa shape index (κ2) is 10.5. The lowest BCUT2D eigenvalue weighted by Crippen LogP contribution is -2.53. The van der Waals surface area contributed by atoms with Crippen molar-refractivity contribution >= 4 is 11.8 Å². The predicted octanol–water partition coefficient (Wildman–Crippen LogP) is 2.97. The molecule has 0 spiro atoms. The number of benzene rings is 1. The predicted molar refractivity (Wildman–Crippen MR) is 112 cm³/mol.